The van der Waals surface area contributed by atoms with Crippen LogP contribution in [-0.4, -0.2) is 55.5 Å². The van der Waals surface area contributed by atoms with E-state index in [9.17, 15) is 5.11 Å². The van der Waals surface area contributed by atoms with Crippen LogP contribution in [0.25, 0.3) is 0 Å². The van der Waals surface area contributed by atoms with Crippen molar-refractivity contribution < 1.29 is 9.84 Å². The monoisotopic (exact) mass is 210 g/mol. The molecule has 0 aromatic heterocycles. The molecule has 0 spiro atoms. The number of nitrogens with zero attached hydrogens (tertiary/aromatic N) is 1. The van der Waals surface area contributed by atoms with Crippen LogP contribution in [0.15, 0.2) is 23.9 Å². The van der Waals surface area contributed by atoms with Crippen LogP contribution >= 0.6 is 0 Å². The minimum absolute atomic E-state index is 0.0312. The minimum atomic E-state index is -0.346. The molecule has 2 atom stereocenters. The van der Waals surface area contributed by atoms with E-state index in [1.165, 1.54) is 5.57 Å². The van der Waals surface area contributed by atoms with Crippen LogP contribution in [0.2, 0.25) is 0 Å². The highest BCUT2D eigenvalue weighted by Crippen LogP contribution is 2.15. The van der Waals surface area contributed by atoms with E-state index in [-0.39, 0.29) is 12.2 Å². The number of hydrogen-bond donors (Lipinski definition) is 2. The summed E-state index contributed by atoms with van der Waals surface area (Å²) in [7, 11) is 1.65. The summed E-state index contributed by atoms with van der Waals surface area (Å²) in [6.45, 7) is 3.32. The van der Waals surface area contributed by atoms with Crippen LogP contribution in [-0.2, 0) is 4.74 Å². The van der Waals surface area contributed by atoms with Crippen molar-refractivity contribution in [3.63, 3.8) is 0 Å². The second kappa shape index (κ2) is 4.79. The van der Waals surface area contributed by atoms with Crippen molar-refractivity contribution >= 4 is 0 Å². The van der Waals surface area contributed by atoms with Crippen LogP contribution in [0.4, 0.5) is 0 Å². The van der Waals surface area contributed by atoms with Gasteiger partial charge in [0.15, 0.2) is 0 Å². The van der Waals surface area contributed by atoms with E-state index >= 15 is 0 Å². The third-order valence-electron chi connectivity index (χ3n) is 2.92. The van der Waals surface area contributed by atoms with E-state index in [1.54, 1.807) is 7.11 Å². The first-order chi connectivity index (χ1) is 7.29. The molecule has 0 bridgehead atoms. The molecule has 15 heavy (non-hydrogen) atoms. The lowest BCUT2D eigenvalue weighted by molar-refractivity contribution is 0.0215. The minimum Gasteiger partial charge on any atom is -0.389 e. The number of aliphatic hydroxyl groups excluding tert-OH is 1. The molecule has 0 unspecified atom stereocenters. The van der Waals surface area contributed by atoms with Crippen LogP contribution in [0.1, 0.15) is 0 Å². The summed E-state index contributed by atoms with van der Waals surface area (Å²) >= 11 is 0. The number of nitrogens with one attached hydrogen (secondary N) is 1. The zero-order chi connectivity index (χ0) is 10.7. The molecule has 4 nitrogen and oxygen atoms in total. The van der Waals surface area contributed by atoms with Crippen molar-refractivity contribution in [3.05, 3.63) is 23.9 Å². The predicted molar refractivity (Wildman–Crippen MR) is 58.5 cm³/mol. The molecule has 1 fully saturated rings. The molecule has 0 aromatic rings. The quantitative estimate of drug-likeness (QED) is 0.672. The Labute approximate surface area is 90.2 Å². The smallest absolute Gasteiger partial charge is 0.0969 e. The molecule has 84 valence electrons. The van der Waals surface area contributed by atoms with Crippen LogP contribution < -0.4 is 5.32 Å². The number of rotatable bonds is 3. The Morgan fingerprint density at radius 1 is 1.60 bits per heavy atom. The highest BCUT2D eigenvalue weighted by Gasteiger charge is 2.31. The van der Waals surface area contributed by atoms with Gasteiger partial charge < -0.3 is 15.2 Å². The summed E-state index contributed by atoms with van der Waals surface area (Å²) in [4.78, 5) is 2.22. The fourth-order valence-corrected chi connectivity index (χ4v) is 2.06. The summed E-state index contributed by atoms with van der Waals surface area (Å²) in [5.41, 5.74) is 1.30. The van der Waals surface area contributed by atoms with Gasteiger partial charge in [0.2, 0.25) is 0 Å². The molecular weight excluding hydrogens is 192 g/mol. The number of ether oxygens (including phenoxy) is 1. The Balaban J connectivity index is 1.86. The van der Waals surface area contributed by atoms with Crippen molar-refractivity contribution in [2.45, 2.75) is 12.2 Å². The molecule has 0 radical (unpaired) electrons. The average molecular weight is 210 g/mol. The zero-order valence-corrected chi connectivity index (χ0v) is 9.02. The predicted octanol–water partition coefficient (Wildman–Crippen LogP) is -0.279. The Bertz CT molecular complexity index is 276. The van der Waals surface area contributed by atoms with Gasteiger partial charge in [-0.2, -0.15) is 0 Å². The second-order valence-corrected chi connectivity index (χ2v) is 4.06. The molecular formula is C11H18N2O2. The molecule has 2 aliphatic heterocycles. The van der Waals surface area contributed by atoms with Crippen molar-refractivity contribution in [3.8, 4) is 0 Å². The maximum absolute atomic E-state index is 9.67. The van der Waals surface area contributed by atoms with Crippen molar-refractivity contribution in [1.29, 1.82) is 0 Å². The van der Waals surface area contributed by atoms with E-state index in [1.807, 2.05) is 6.20 Å². The van der Waals surface area contributed by atoms with Gasteiger partial charge >= 0.3 is 0 Å². The van der Waals surface area contributed by atoms with Gasteiger partial charge in [0.1, 0.15) is 0 Å². The molecule has 1 saturated heterocycles. The number of hydrogen-bond acceptors (Lipinski definition) is 4. The van der Waals surface area contributed by atoms with Gasteiger partial charge in [-0.3, -0.25) is 4.90 Å². The van der Waals surface area contributed by atoms with Crippen molar-refractivity contribution in [2.75, 3.05) is 33.3 Å². The molecule has 0 amide bonds. The SMILES string of the molecule is CO[C@@H]1CN(CC2=CCNC=C2)C[C@@H]1O. The van der Waals surface area contributed by atoms with Crippen LogP contribution in [0, 0.1) is 0 Å². The van der Waals surface area contributed by atoms with Crippen molar-refractivity contribution in [2.24, 2.45) is 0 Å². The van der Waals surface area contributed by atoms with E-state index in [4.69, 9.17) is 4.74 Å². The van der Waals surface area contributed by atoms with E-state index < -0.39 is 0 Å². The molecule has 4 heteroatoms. The van der Waals surface area contributed by atoms with Gasteiger partial charge in [-0.25, -0.2) is 0 Å². The number of β-amino-alcohol motifs (C(OH)–C–C–N with tert-alkyl or cyclic N) is 1. The lowest BCUT2D eigenvalue weighted by atomic mass is 10.2. The number of likely N-dealkylation sites (tertiary alicyclic amines) is 1. The lowest BCUT2D eigenvalue weighted by Gasteiger charge is -2.17. The average Bonchev–Trinajstić information content (AvgIpc) is 2.60. The Morgan fingerprint density at radius 3 is 3.07 bits per heavy atom. The summed E-state index contributed by atoms with van der Waals surface area (Å²) in [5.74, 6) is 0. The summed E-state index contributed by atoms with van der Waals surface area (Å²) < 4.78 is 5.20. The van der Waals surface area contributed by atoms with E-state index in [0.29, 0.717) is 6.54 Å². The van der Waals surface area contributed by atoms with Crippen molar-refractivity contribution in [1.82, 2.24) is 10.2 Å². The van der Waals surface area contributed by atoms with Gasteiger partial charge in [0.25, 0.3) is 0 Å². The maximum atomic E-state index is 9.67. The summed E-state index contributed by atoms with van der Waals surface area (Å²) in [5, 5.41) is 12.8. The Kier molecular flexibility index (Phi) is 3.41. The molecule has 2 rings (SSSR count). The molecule has 0 saturated carbocycles. The zero-order valence-electron chi connectivity index (χ0n) is 9.02. The van der Waals surface area contributed by atoms with Gasteiger partial charge in [-0.15, -0.1) is 0 Å². The first kappa shape index (κ1) is 10.7. The van der Waals surface area contributed by atoms with Gasteiger partial charge in [0, 0.05) is 33.3 Å². The molecule has 2 N–H and O–H groups in total. The summed E-state index contributed by atoms with van der Waals surface area (Å²) in [6, 6.07) is 0. The Hall–Kier alpha value is -0.840. The highest BCUT2D eigenvalue weighted by atomic mass is 16.5. The maximum Gasteiger partial charge on any atom is 0.0969 e. The topological polar surface area (TPSA) is 44.7 Å². The standard InChI is InChI=1S/C11H18N2O2/c1-15-11-8-13(7-10(11)14)6-9-2-4-12-5-3-9/h2-4,10-12,14H,5-8H2,1H3/t10-,11+/m0/s1. The third-order valence-corrected chi connectivity index (χ3v) is 2.92. The molecule has 2 heterocycles. The van der Waals surface area contributed by atoms with E-state index in [0.717, 1.165) is 19.6 Å². The second-order valence-electron chi connectivity index (χ2n) is 4.06. The summed E-state index contributed by atoms with van der Waals surface area (Å²) in [6.07, 6.45) is 5.84. The fourth-order valence-electron chi connectivity index (χ4n) is 2.06. The van der Waals surface area contributed by atoms with Gasteiger partial charge in [0.05, 0.1) is 12.2 Å². The lowest BCUT2D eigenvalue weighted by Crippen LogP contribution is -2.26. The number of dihydropyridines is 1. The third kappa shape index (κ3) is 2.59. The first-order valence-electron chi connectivity index (χ1n) is 5.32. The number of methoxy groups -OCH3 is 1. The van der Waals surface area contributed by atoms with E-state index in [2.05, 4.69) is 22.4 Å². The van der Waals surface area contributed by atoms with Gasteiger partial charge in [-0.05, 0) is 17.8 Å². The molecule has 0 aliphatic carbocycles. The fraction of sp³-hybridized carbons (Fsp3) is 0.636. The highest BCUT2D eigenvalue weighted by molar-refractivity contribution is 5.24. The molecule has 0 aromatic carbocycles. The normalized spacial score (nSPS) is 31.5. The van der Waals surface area contributed by atoms with Crippen LogP contribution in [0.5, 0.6) is 0 Å². The van der Waals surface area contributed by atoms with Crippen LogP contribution in [0.3, 0.4) is 0 Å². The largest absolute Gasteiger partial charge is 0.389 e. The van der Waals surface area contributed by atoms with Gasteiger partial charge in [-0.1, -0.05) is 6.08 Å². The number of aliphatic hydroxyl groups is 1. The first-order valence-corrected chi connectivity index (χ1v) is 5.32. The Morgan fingerprint density at radius 2 is 2.47 bits per heavy atom. The molecule has 2 aliphatic rings.